The first-order valence-corrected chi connectivity index (χ1v) is 10.3. The Morgan fingerprint density at radius 2 is 2.10 bits per heavy atom. The van der Waals surface area contributed by atoms with Crippen LogP contribution in [0.1, 0.15) is 23.3 Å². The van der Waals surface area contributed by atoms with Crippen molar-refractivity contribution in [3.8, 4) is 0 Å². The third kappa shape index (κ3) is 4.54. The molecule has 10 nitrogen and oxygen atoms in total. The van der Waals surface area contributed by atoms with Gasteiger partial charge in [0.05, 0.1) is 25.3 Å². The highest BCUT2D eigenvalue weighted by Crippen LogP contribution is 2.22. The van der Waals surface area contributed by atoms with Crippen molar-refractivity contribution in [2.24, 2.45) is 13.0 Å². The summed E-state index contributed by atoms with van der Waals surface area (Å²) < 4.78 is 12.4. The van der Waals surface area contributed by atoms with Crippen molar-refractivity contribution in [2.75, 3.05) is 45.9 Å². The molecule has 162 valence electrons. The lowest BCUT2D eigenvalue weighted by atomic mass is 10.1. The number of aromatic nitrogens is 3. The fourth-order valence-corrected chi connectivity index (χ4v) is 4.26. The number of rotatable bonds is 5. The van der Waals surface area contributed by atoms with Gasteiger partial charge in [0.15, 0.2) is 0 Å². The smallest absolute Gasteiger partial charge is 0.311 e. The maximum atomic E-state index is 12.8. The monoisotopic (exact) mass is 416 g/mol. The number of esters is 1. The fourth-order valence-electron chi connectivity index (χ4n) is 4.26. The Bertz CT molecular complexity index is 867. The summed E-state index contributed by atoms with van der Waals surface area (Å²) in [6.45, 7) is 6.63. The van der Waals surface area contributed by atoms with E-state index in [1.54, 1.807) is 13.3 Å². The molecule has 2 atom stereocenters. The van der Waals surface area contributed by atoms with E-state index in [2.05, 4.69) is 19.9 Å². The first-order valence-electron chi connectivity index (χ1n) is 10.3. The fraction of sp³-hybridized carbons (Fsp3) is 0.600. The minimum atomic E-state index is -0.232. The maximum absolute atomic E-state index is 12.8. The van der Waals surface area contributed by atoms with Gasteiger partial charge in [-0.2, -0.15) is 0 Å². The SMILES string of the molecule is CCOC(=O)[C@H]1CN(Cc2ccco2)C[C@H]2CN(C(=O)c3ncn(C)n3)CCN2C1. The minimum Gasteiger partial charge on any atom is -0.468 e. The zero-order valence-corrected chi connectivity index (χ0v) is 17.4. The second-order valence-corrected chi connectivity index (χ2v) is 7.86. The van der Waals surface area contributed by atoms with Crippen molar-refractivity contribution in [1.82, 2.24) is 29.5 Å². The predicted molar refractivity (Wildman–Crippen MR) is 106 cm³/mol. The molecule has 2 aromatic heterocycles. The lowest BCUT2D eigenvalue weighted by molar-refractivity contribution is -0.149. The molecule has 2 saturated heterocycles. The van der Waals surface area contributed by atoms with Crippen LogP contribution < -0.4 is 0 Å². The molecule has 2 aliphatic rings. The summed E-state index contributed by atoms with van der Waals surface area (Å²) in [6.07, 6.45) is 3.19. The third-order valence-corrected chi connectivity index (χ3v) is 5.66. The molecular formula is C20H28N6O4. The summed E-state index contributed by atoms with van der Waals surface area (Å²) >= 11 is 0. The molecule has 30 heavy (non-hydrogen) atoms. The van der Waals surface area contributed by atoms with Crippen molar-refractivity contribution in [3.63, 3.8) is 0 Å². The van der Waals surface area contributed by atoms with Gasteiger partial charge in [0.2, 0.25) is 5.82 Å². The lowest BCUT2D eigenvalue weighted by Gasteiger charge is -2.41. The number of carbonyl (C=O) groups excluding carboxylic acids is 2. The molecule has 4 rings (SSSR count). The minimum absolute atomic E-state index is 0.112. The summed E-state index contributed by atoms with van der Waals surface area (Å²) in [7, 11) is 1.75. The van der Waals surface area contributed by atoms with Gasteiger partial charge in [-0.15, -0.1) is 5.10 Å². The van der Waals surface area contributed by atoms with Crippen LogP contribution in [0.5, 0.6) is 0 Å². The Morgan fingerprint density at radius 3 is 2.80 bits per heavy atom. The molecule has 0 bridgehead atoms. The molecule has 10 heteroatoms. The van der Waals surface area contributed by atoms with Crippen LogP contribution in [0.3, 0.4) is 0 Å². The van der Waals surface area contributed by atoms with Gasteiger partial charge in [-0.1, -0.05) is 0 Å². The number of carbonyl (C=O) groups is 2. The highest BCUT2D eigenvalue weighted by Gasteiger charge is 2.38. The van der Waals surface area contributed by atoms with Gasteiger partial charge in [0.1, 0.15) is 12.1 Å². The van der Waals surface area contributed by atoms with E-state index in [0.717, 1.165) is 12.3 Å². The molecule has 0 radical (unpaired) electrons. The molecule has 1 amide bonds. The van der Waals surface area contributed by atoms with E-state index >= 15 is 0 Å². The second-order valence-electron chi connectivity index (χ2n) is 7.86. The van der Waals surface area contributed by atoms with Gasteiger partial charge < -0.3 is 14.1 Å². The number of amides is 1. The standard InChI is InChI=1S/C20H28N6O4/c1-3-29-20(28)15-9-24(13-17-5-4-8-30-17)11-16-12-26(7-6-25(16)10-15)19(27)18-21-14-23(2)22-18/h4-5,8,14-16H,3,6-7,9-13H2,1-2H3/t15-,16-/m0/s1. The molecule has 0 spiro atoms. The van der Waals surface area contributed by atoms with Crippen molar-refractivity contribution >= 4 is 11.9 Å². The molecule has 0 saturated carbocycles. The number of nitrogens with zero attached hydrogens (tertiary/aromatic N) is 6. The number of hydrogen-bond acceptors (Lipinski definition) is 8. The van der Waals surface area contributed by atoms with Crippen LogP contribution in [0.15, 0.2) is 29.1 Å². The highest BCUT2D eigenvalue weighted by molar-refractivity contribution is 5.90. The van der Waals surface area contributed by atoms with E-state index < -0.39 is 0 Å². The zero-order valence-electron chi connectivity index (χ0n) is 17.4. The van der Waals surface area contributed by atoms with E-state index in [4.69, 9.17) is 9.15 Å². The Morgan fingerprint density at radius 1 is 1.23 bits per heavy atom. The van der Waals surface area contributed by atoms with Crippen LogP contribution in [-0.2, 0) is 23.1 Å². The van der Waals surface area contributed by atoms with E-state index in [0.29, 0.717) is 45.9 Å². The molecule has 0 aromatic carbocycles. The van der Waals surface area contributed by atoms with Gasteiger partial charge >= 0.3 is 5.97 Å². The van der Waals surface area contributed by atoms with Crippen LogP contribution in [0.25, 0.3) is 0 Å². The van der Waals surface area contributed by atoms with E-state index in [-0.39, 0.29) is 29.7 Å². The third-order valence-electron chi connectivity index (χ3n) is 5.66. The van der Waals surface area contributed by atoms with Gasteiger partial charge in [-0.05, 0) is 19.1 Å². The molecular weight excluding hydrogens is 388 g/mol. The average molecular weight is 416 g/mol. The van der Waals surface area contributed by atoms with Crippen molar-refractivity contribution in [1.29, 1.82) is 0 Å². The number of piperazine rings is 1. The van der Waals surface area contributed by atoms with Crippen LogP contribution in [-0.4, -0.2) is 93.3 Å². The van der Waals surface area contributed by atoms with Crippen LogP contribution >= 0.6 is 0 Å². The van der Waals surface area contributed by atoms with Crippen LogP contribution in [0.4, 0.5) is 0 Å². The van der Waals surface area contributed by atoms with Crippen LogP contribution in [0, 0.1) is 5.92 Å². The quantitative estimate of drug-likeness (QED) is 0.639. The second kappa shape index (κ2) is 8.97. The molecule has 0 aliphatic carbocycles. The summed E-state index contributed by atoms with van der Waals surface area (Å²) in [4.78, 5) is 35.8. The van der Waals surface area contributed by atoms with E-state index in [9.17, 15) is 9.59 Å². The first kappa shape index (κ1) is 20.5. The normalized spacial score (nSPS) is 23.1. The molecule has 4 heterocycles. The maximum Gasteiger partial charge on any atom is 0.311 e. The highest BCUT2D eigenvalue weighted by atomic mass is 16.5. The van der Waals surface area contributed by atoms with E-state index in [1.807, 2.05) is 24.0 Å². The predicted octanol–water partition coefficient (Wildman–Crippen LogP) is 0.230. The number of ether oxygens (including phenoxy) is 1. The number of furan rings is 1. The van der Waals surface area contributed by atoms with Crippen LogP contribution in [0.2, 0.25) is 0 Å². The lowest BCUT2D eigenvalue weighted by Crippen LogP contribution is -2.57. The summed E-state index contributed by atoms with van der Waals surface area (Å²) in [5, 5.41) is 4.15. The largest absolute Gasteiger partial charge is 0.468 e. The molecule has 0 unspecified atom stereocenters. The molecule has 2 fully saturated rings. The summed E-state index contributed by atoms with van der Waals surface area (Å²) in [5.74, 6) is 0.520. The topological polar surface area (TPSA) is 96.9 Å². The van der Waals surface area contributed by atoms with Gasteiger partial charge in [0, 0.05) is 52.4 Å². The number of fused-ring (bicyclic) bond motifs is 1. The Hall–Kier alpha value is -2.72. The Labute approximate surface area is 175 Å². The van der Waals surface area contributed by atoms with Gasteiger partial charge in [-0.3, -0.25) is 24.1 Å². The van der Waals surface area contributed by atoms with Gasteiger partial charge in [-0.25, -0.2) is 4.98 Å². The Kier molecular flexibility index (Phi) is 6.14. The summed E-state index contributed by atoms with van der Waals surface area (Å²) in [6, 6.07) is 3.91. The van der Waals surface area contributed by atoms with E-state index in [1.165, 1.54) is 11.0 Å². The average Bonchev–Trinajstić information content (AvgIpc) is 3.35. The van der Waals surface area contributed by atoms with Crippen molar-refractivity contribution in [3.05, 3.63) is 36.3 Å². The van der Waals surface area contributed by atoms with Gasteiger partial charge in [0.25, 0.3) is 5.91 Å². The summed E-state index contributed by atoms with van der Waals surface area (Å²) in [5.41, 5.74) is 0. The number of hydrogen-bond donors (Lipinski definition) is 0. The van der Waals surface area contributed by atoms with Crippen molar-refractivity contribution in [2.45, 2.75) is 19.5 Å². The molecule has 2 aliphatic heterocycles. The zero-order chi connectivity index (χ0) is 21.1. The van der Waals surface area contributed by atoms with Crippen molar-refractivity contribution < 1.29 is 18.7 Å². The number of aryl methyl sites for hydroxylation is 1. The molecule has 2 aromatic rings. The molecule has 0 N–H and O–H groups in total. The Balaban J connectivity index is 1.49. The first-order chi connectivity index (χ1) is 14.5.